The highest BCUT2D eigenvalue weighted by Crippen LogP contribution is 2.30. The maximum atomic E-state index is 12.7. The van der Waals surface area contributed by atoms with Crippen LogP contribution in [0.25, 0.3) is 22.5 Å². The first-order valence-corrected chi connectivity index (χ1v) is 14.0. The number of carbonyl (C=O) groups is 2. The van der Waals surface area contributed by atoms with Crippen LogP contribution in [0.4, 0.5) is 4.79 Å². The number of aromatic nitrogens is 6. The van der Waals surface area contributed by atoms with Gasteiger partial charge in [-0.25, -0.2) is 14.6 Å². The summed E-state index contributed by atoms with van der Waals surface area (Å²) in [5.41, 5.74) is 4.33. The Morgan fingerprint density at radius 1 is 1.00 bits per heavy atom. The molecule has 3 aromatic carbocycles. The minimum Gasteiger partial charge on any atom is -0.408 e. The number of aldehydes is 1. The zero-order valence-electron chi connectivity index (χ0n) is 23.6. The number of unbranched alkanes of at least 4 members (excludes halogenated alkanes) is 1. The van der Waals surface area contributed by atoms with E-state index in [9.17, 15) is 9.59 Å². The summed E-state index contributed by atoms with van der Waals surface area (Å²) in [5, 5.41) is 29.3. The second-order valence-corrected chi connectivity index (χ2v) is 10.1. The molecule has 0 saturated heterocycles. The van der Waals surface area contributed by atoms with Gasteiger partial charge in [0.05, 0.1) is 12.0 Å². The SMILES string of the molecule is CCCCc1nc(Cl)c(C=O)n1Cc1ccc(-c2ccccc2-c2nnn(C(=O)Oc3ccc(CON(O)O)cc3)n2)cc1. The van der Waals surface area contributed by atoms with Gasteiger partial charge in [-0.1, -0.05) is 90.4 Å². The Morgan fingerprint density at radius 2 is 1.70 bits per heavy atom. The number of ether oxygens (including phenoxy) is 1. The summed E-state index contributed by atoms with van der Waals surface area (Å²) in [5.74, 6) is 1.24. The van der Waals surface area contributed by atoms with Crippen molar-refractivity contribution in [1.29, 1.82) is 0 Å². The molecule has 0 aliphatic heterocycles. The van der Waals surface area contributed by atoms with Crippen LogP contribution in [0, 0.1) is 0 Å². The number of aryl methyl sites for hydroxylation is 1. The lowest BCUT2D eigenvalue weighted by molar-refractivity contribution is -0.497. The molecule has 0 amide bonds. The highest BCUT2D eigenvalue weighted by atomic mass is 35.5. The molecule has 0 saturated carbocycles. The third kappa shape index (κ3) is 7.22. The van der Waals surface area contributed by atoms with Crippen molar-refractivity contribution in [2.75, 3.05) is 0 Å². The largest absolute Gasteiger partial charge is 0.459 e. The van der Waals surface area contributed by atoms with Crippen molar-refractivity contribution in [3.63, 3.8) is 0 Å². The van der Waals surface area contributed by atoms with Crippen LogP contribution in [-0.2, 0) is 24.4 Å². The minimum absolute atomic E-state index is 0.0993. The van der Waals surface area contributed by atoms with Crippen LogP contribution >= 0.6 is 11.6 Å². The highest BCUT2D eigenvalue weighted by Gasteiger charge is 2.18. The summed E-state index contributed by atoms with van der Waals surface area (Å²) < 4.78 is 7.19. The van der Waals surface area contributed by atoms with Gasteiger partial charge in [0.15, 0.2) is 11.4 Å². The summed E-state index contributed by atoms with van der Waals surface area (Å²) in [4.78, 5) is 34.1. The molecule has 0 radical (unpaired) electrons. The Balaban J connectivity index is 1.31. The topological polar surface area (TPSA) is 158 Å². The first-order valence-electron chi connectivity index (χ1n) is 13.7. The smallest absolute Gasteiger partial charge is 0.408 e. The minimum atomic E-state index is -0.862. The van der Waals surface area contributed by atoms with Crippen LogP contribution in [0.2, 0.25) is 5.15 Å². The van der Waals surface area contributed by atoms with Crippen molar-refractivity contribution < 1.29 is 29.6 Å². The van der Waals surface area contributed by atoms with Crippen LogP contribution in [0.3, 0.4) is 0 Å². The fraction of sp³-hybridized carbons (Fsp3) is 0.200. The Kier molecular flexibility index (Phi) is 9.84. The second-order valence-electron chi connectivity index (χ2n) is 9.69. The van der Waals surface area contributed by atoms with Crippen molar-refractivity contribution in [3.05, 3.63) is 101 Å². The molecule has 14 heteroatoms. The summed E-state index contributed by atoms with van der Waals surface area (Å²) in [6, 6.07) is 21.6. The first kappa shape index (κ1) is 30.7. The fourth-order valence-electron chi connectivity index (χ4n) is 4.53. The Bertz CT molecular complexity index is 1740. The number of carbonyl (C=O) groups excluding carboxylic acids is 2. The Morgan fingerprint density at radius 3 is 2.39 bits per heavy atom. The third-order valence-corrected chi connectivity index (χ3v) is 7.01. The molecule has 0 spiro atoms. The number of rotatable bonds is 12. The highest BCUT2D eigenvalue weighted by molar-refractivity contribution is 6.31. The van der Waals surface area contributed by atoms with Crippen molar-refractivity contribution in [1.82, 2.24) is 35.1 Å². The number of imidazole rings is 1. The van der Waals surface area contributed by atoms with E-state index in [1.165, 1.54) is 12.1 Å². The van der Waals surface area contributed by atoms with Gasteiger partial charge in [0.1, 0.15) is 17.3 Å². The summed E-state index contributed by atoms with van der Waals surface area (Å²) in [7, 11) is 0. The molecule has 44 heavy (non-hydrogen) atoms. The lowest BCUT2D eigenvalue weighted by atomic mass is 9.98. The standard InChI is InChI=1S/C30H28ClN7O6/c1-2-3-8-27-32-28(31)26(18-39)36(27)17-20-9-13-22(14-10-20)24-6-4-5-7-25(24)29-33-35-37(34-29)30(40)44-23-15-11-21(12-16-23)19-43-38(41)42/h4-7,9-16,18,41-42H,2-3,8,17,19H2,1H3. The average molecular weight is 618 g/mol. The monoisotopic (exact) mass is 617 g/mol. The van der Waals surface area contributed by atoms with E-state index in [1.54, 1.807) is 12.1 Å². The van der Waals surface area contributed by atoms with E-state index < -0.39 is 6.09 Å². The molecule has 5 rings (SSSR count). The average Bonchev–Trinajstić information content (AvgIpc) is 3.64. The van der Waals surface area contributed by atoms with Crippen LogP contribution in [0.15, 0.2) is 72.8 Å². The van der Waals surface area contributed by atoms with Crippen LogP contribution in [0.5, 0.6) is 5.75 Å². The van der Waals surface area contributed by atoms with E-state index in [0.717, 1.165) is 52.9 Å². The summed E-state index contributed by atoms with van der Waals surface area (Å²) in [6.45, 7) is 2.45. The van der Waals surface area contributed by atoms with Gasteiger partial charge in [-0.05, 0) is 46.0 Å². The lowest BCUT2D eigenvalue weighted by Crippen LogP contribution is -2.19. The van der Waals surface area contributed by atoms with Gasteiger partial charge in [-0.15, -0.1) is 10.2 Å². The predicted molar refractivity (Wildman–Crippen MR) is 157 cm³/mol. The summed E-state index contributed by atoms with van der Waals surface area (Å²) >= 11 is 6.23. The molecule has 2 aromatic heterocycles. The van der Waals surface area contributed by atoms with Crippen molar-refractivity contribution in [3.8, 4) is 28.3 Å². The van der Waals surface area contributed by atoms with E-state index in [-0.39, 0.29) is 28.7 Å². The van der Waals surface area contributed by atoms with E-state index in [4.69, 9.17) is 26.8 Å². The second kappa shape index (κ2) is 14.1. The summed E-state index contributed by atoms with van der Waals surface area (Å²) in [6.07, 6.45) is 2.55. The van der Waals surface area contributed by atoms with Gasteiger partial charge in [-0.3, -0.25) is 15.2 Å². The molecule has 0 atom stereocenters. The van der Waals surface area contributed by atoms with Crippen LogP contribution in [0.1, 0.15) is 47.2 Å². The van der Waals surface area contributed by atoms with Gasteiger partial charge >= 0.3 is 6.09 Å². The molecule has 13 nitrogen and oxygen atoms in total. The Labute approximate surface area is 256 Å². The molecule has 0 unspecified atom stereocenters. The number of hydrogen-bond donors (Lipinski definition) is 2. The fourth-order valence-corrected chi connectivity index (χ4v) is 4.77. The predicted octanol–water partition coefficient (Wildman–Crippen LogP) is 5.62. The van der Waals surface area contributed by atoms with E-state index in [2.05, 4.69) is 32.2 Å². The van der Waals surface area contributed by atoms with Crippen molar-refractivity contribution in [2.45, 2.75) is 39.3 Å². The maximum Gasteiger partial charge on any atom is 0.459 e. The quantitative estimate of drug-likeness (QED) is 0.132. The number of hydrogen-bond acceptors (Lipinski definition) is 11. The van der Waals surface area contributed by atoms with E-state index >= 15 is 0 Å². The molecule has 0 aliphatic carbocycles. The third-order valence-electron chi connectivity index (χ3n) is 6.73. The van der Waals surface area contributed by atoms with E-state index in [1.807, 2.05) is 53.1 Å². The molecule has 0 fully saturated rings. The van der Waals surface area contributed by atoms with Gasteiger partial charge in [0.25, 0.3) is 0 Å². The molecule has 2 N–H and O–H groups in total. The van der Waals surface area contributed by atoms with Gasteiger partial charge in [0.2, 0.25) is 5.82 Å². The van der Waals surface area contributed by atoms with Gasteiger partial charge in [-0.2, -0.15) is 0 Å². The molecule has 5 aromatic rings. The molecule has 2 heterocycles. The Hall–Kier alpha value is -4.79. The molecular weight excluding hydrogens is 590 g/mol. The molecule has 0 aliphatic rings. The number of halogens is 1. The molecule has 226 valence electrons. The van der Waals surface area contributed by atoms with Gasteiger partial charge in [0, 0.05) is 18.5 Å². The van der Waals surface area contributed by atoms with Crippen molar-refractivity contribution >= 4 is 24.0 Å². The zero-order chi connectivity index (χ0) is 31.1. The number of nitrogens with zero attached hydrogens (tertiary/aromatic N) is 7. The normalized spacial score (nSPS) is 11.2. The lowest BCUT2D eigenvalue weighted by Gasteiger charge is -2.11. The zero-order valence-corrected chi connectivity index (χ0v) is 24.3. The van der Waals surface area contributed by atoms with E-state index in [0.29, 0.717) is 23.4 Å². The first-order chi connectivity index (χ1) is 21.4. The van der Waals surface area contributed by atoms with Crippen LogP contribution < -0.4 is 4.74 Å². The van der Waals surface area contributed by atoms with Crippen molar-refractivity contribution in [2.24, 2.45) is 0 Å². The maximum absolute atomic E-state index is 12.7. The van der Waals surface area contributed by atoms with Crippen LogP contribution in [-0.4, -0.2) is 57.9 Å². The molecule has 0 bridgehead atoms. The molecular formula is C30H28ClN7O6. The number of tetrazole rings is 1. The van der Waals surface area contributed by atoms with Gasteiger partial charge < -0.3 is 9.30 Å². The number of benzene rings is 3.